The predicted molar refractivity (Wildman–Crippen MR) is 70.2 cm³/mol. The first kappa shape index (κ1) is 12.1. The van der Waals surface area contributed by atoms with Crippen LogP contribution in [0, 0.1) is 0 Å². The SMILES string of the molecule is COc1ccc(CNc2nccc(NN)n2)cc1. The van der Waals surface area contributed by atoms with Crippen molar-refractivity contribution < 1.29 is 4.74 Å². The lowest BCUT2D eigenvalue weighted by Gasteiger charge is -2.06. The van der Waals surface area contributed by atoms with Crippen LogP contribution in [0.1, 0.15) is 5.56 Å². The van der Waals surface area contributed by atoms with Gasteiger partial charge in [-0.25, -0.2) is 10.8 Å². The summed E-state index contributed by atoms with van der Waals surface area (Å²) in [6.45, 7) is 0.637. The molecule has 0 bridgehead atoms. The highest BCUT2D eigenvalue weighted by Gasteiger charge is 1.98. The number of hydrogen-bond acceptors (Lipinski definition) is 6. The molecule has 2 aromatic rings. The number of ether oxygens (including phenoxy) is 1. The van der Waals surface area contributed by atoms with Gasteiger partial charge >= 0.3 is 0 Å². The normalized spacial score (nSPS) is 9.89. The average molecular weight is 245 g/mol. The molecule has 0 amide bonds. The molecule has 0 aliphatic carbocycles. The van der Waals surface area contributed by atoms with Crippen molar-refractivity contribution in [2.75, 3.05) is 17.9 Å². The lowest BCUT2D eigenvalue weighted by molar-refractivity contribution is 0.414. The molecule has 94 valence electrons. The number of benzene rings is 1. The van der Waals surface area contributed by atoms with Gasteiger partial charge in [-0.05, 0) is 17.7 Å². The maximum absolute atomic E-state index is 5.28. The minimum atomic E-state index is 0.529. The lowest BCUT2D eigenvalue weighted by atomic mass is 10.2. The van der Waals surface area contributed by atoms with Gasteiger partial charge in [0.05, 0.1) is 7.11 Å². The number of nitrogen functional groups attached to an aromatic ring is 1. The summed E-state index contributed by atoms with van der Waals surface area (Å²) in [7, 11) is 1.65. The third-order valence-electron chi connectivity index (χ3n) is 2.41. The van der Waals surface area contributed by atoms with Gasteiger partial charge in [-0.2, -0.15) is 4.98 Å². The van der Waals surface area contributed by atoms with Gasteiger partial charge in [-0.15, -0.1) is 0 Å². The molecule has 0 aliphatic heterocycles. The minimum absolute atomic E-state index is 0.529. The predicted octanol–water partition coefficient (Wildman–Crippen LogP) is 1.38. The Morgan fingerprint density at radius 1 is 1.22 bits per heavy atom. The number of hydrazine groups is 1. The van der Waals surface area contributed by atoms with E-state index in [1.807, 2.05) is 24.3 Å². The Morgan fingerprint density at radius 2 is 2.00 bits per heavy atom. The molecule has 0 saturated carbocycles. The van der Waals surface area contributed by atoms with E-state index in [1.165, 1.54) is 0 Å². The van der Waals surface area contributed by atoms with Crippen molar-refractivity contribution in [3.8, 4) is 5.75 Å². The van der Waals surface area contributed by atoms with Crippen LogP contribution in [0.3, 0.4) is 0 Å². The second-order valence-corrected chi connectivity index (χ2v) is 3.61. The molecule has 4 N–H and O–H groups in total. The first-order chi connectivity index (χ1) is 8.81. The van der Waals surface area contributed by atoms with Gasteiger partial charge < -0.3 is 15.5 Å². The topological polar surface area (TPSA) is 85.1 Å². The Balaban J connectivity index is 1.97. The monoisotopic (exact) mass is 245 g/mol. The first-order valence-electron chi connectivity index (χ1n) is 5.48. The van der Waals surface area contributed by atoms with Crippen molar-refractivity contribution in [2.45, 2.75) is 6.54 Å². The average Bonchev–Trinajstić information content (AvgIpc) is 2.46. The van der Waals surface area contributed by atoms with Crippen LogP contribution in [0.15, 0.2) is 36.5 Å². The third kappa shape index (κ3) is 3.08. The van der Waals surface area contributed by atoms with E-state index in [-0.39, 0.29) is 0 Å². The first-order valence-corrected chi connectivity index (χ1v) is 5.48. The van der Waals surface area contributed by atoms with Gasteiger partial charge in [0.1, 0.15) is 11.6 Å². The van der Waals surface area contributed by atoms with Gasteiger partial charge in [-0.1, -0.05) is 12.1 Å². The summed E-state index contributed by atoms with van der Waals surface area (Å²) in [5.41, 5.74) is 3.59. The van der Waals surface area contributed by atoms with Crippen molar-refractivity contribution >= 4 is 11.8 Å². The third-order valence-corrected chi connectivity index (χ3v) is 2.41. The van der Waals surface area contributed by atoms with Gasteiger partial charge in [-0.3, -0.25) is 0 Å². The van der Waals surface area contributed by atoms with Gasteiger partial charge in [0.2, 0.25) is 5.95 Å². The van der Waals surface area contributed by atoms with E-state index >= 15 is 0 Å². The highest BCUT2D eigenvalue weighted by molar-refractivity contribution is 5.39. The van der Waals surface area contributed by atoms with Crippen LogP contribution in [0.4, 0.5) is 11.8 Å². The molecular weight excluding hydrogens is 230 g/mol. The Morgan fingerprint density at radius 3 is 2.67 bits per heavy atom. The van der Waals surface area contributed by atoms with Gasteiger partial charge in [0.15, 0.2) is 0 Å². The second-order valence-electron chi connectivity index (χ2n) is 3.61. The minimum Gasteiger partial charge on any atom is -0.497 e. The fourth-order valence-electron chi connectivity index (χ4n) is 1.45. The van der Waals surface area contributed by atoms with E-state index in [4.69, 9.17) is 10.6 Å². The molecule has 6 heteroatoms. The molecule has 0 fully saturated rings. The van der Waals surface area contributed by atoms with Crippen molar-refractivity contribution in [1.82, 2.24) is 9.97 Å². The van der Waals surface area contributed by atoms with E-state index in [2.05, 4.69) is 20.7 Å². The molecule has 1 aromatic carbocycles. The number of rotatable bonds is 5. The van der Waals surface area contributed by atoms with E-state index in [0.29, 0.717) is 18.3 Å². The molecule has 18 heavy (non-hydrogen) atoms. The summed E-state index contributed by atoms with van der Waals surface area (Å²) in [6.07, 6.45) is 1.64. The zero-order chi connectivity index (χ0) is 12.8. The molecule has 2 rings (SSSR count). The van der Waals surface area contributed by atoms with E-state index in [1.54, 1.807) is 19.4 Å². The van der Waals surface area contributed by atoms with Crippen LogP contribution >= 0.6 is 0 Å². The number of nitrogens with one attached hydrogen (secondary N) is 2. The van der Waals surface area contributed by atoms with Crippen LogP contribution in [0.2, 0.25) is 0 Å². The van der Waals surface area contributed by atoms with Crippen LogP contribution in [-0.2, 0) is 6.54 Å². The molecule has 0 atom stereocenters. The molecule has 0 spiro atoms. The van der Waals surface area contributed by atoms with E-state index < -0.39 is 0 Å². The summed E-state index contributed by atoms with van der Waals surface area (Å²) in [5, 5.41) is 3.11. The molecule has 1 aromatic heterocycles. The van der Waals surface area contributed by atoms with Crippen molar-refractivity contribution in [3.63, 3.8) is 0 Å². The number of anilines is 2. The van der Waals surface area contributed by atoms with Crippen LogP contribution in [0.25, 0.3) is 0 Å². The highest BCUT2D eigenvalue weighted by Crippen LogP contribution is 2.12. The number of nitrogens with zero attached hydrogens (tertiary/aromatic N) is 2. The molecular formula is C12H15N5O. The lowest BCUT2D eigenvalue weighted by Crippen LogP contribution is -2.10. The number of hydrogen-bond donors (Lipinski definition) is 3. The van der Waals surface area contributed by atoms with Crippen molar-refractivity contribution in [1.29, 1.82) is 0 Å². The van der Waals surface area contributed by atoms with Gasteiger partial charge in [0, 0.05) is 18.8 Å². The summed E-state index contributed by atoms with van der Waals surface area (Å²) >= 11 is 0. The summed E-state index contributed by atoms with van der Waals surface area (Å²) in [4.78, 5) is 8.25. The van der Waals surface area contributed by atoms with Crippen LogP contribution in [0.5, 0.6) is 5.75 Å². The number of nitrogens with two attached hydrogens (primary N) is 1. The Kier molecular flexibility index (Phi) is 3.93. The second kappa shape index (κ2) is 5.83. The fourth-order valence-corrected chi connectivity index (χ4v) is 1.45. The Bertz CT molecular complexity index is 500. The summed E-state index contributed by atoms with van der Waals surface area (Å²) in [6, 6.07) is 9.48. The highest BCUT2D eigenvalue weighted by atomic mass is 16.5. The van der Waals surface area contributed by atoms with E-state index in [9.17, 15) is 0 Å². The fraction of sp³-hybridized carbons (Fsp3) is 0.167. The molecule has 1 heterocycles. The summed E-state index contributed by atoms with van der Waals surface area (Å²) in [5.74, 6) is 7.21. The molecule has 0 saturated heterocycles. The smallest absolute Gasteiger partial charge is 0.224 e. The molecule has 0 unspecified atom stereocenters. The van der Waals surface area contributed by atoms with Crippen LogP contribution in [-0.4, -0.2) is 17.1 Å². The number of aromatic nitrogens is 2. The quantitative estimate of drug-likeness (QED) is 0.545. The molecule has 6 nitrogen and oxygen atoms in total. The molecule has 0 radical (unpaired) electrons. The summed E-state index contributed by atoms with van der Waals surface area (Å²) < 4.78 is 5.09. The largest absolute Gasteiger partial charge is 0.497 e. The van der Waals surface area contributed by atoms with Gasteiger partial charge in [0.25, 0.3) is 0 Å². The zero-order valence-electron chi connectivity index (χ0n) is 10.1. The van der Waals surface area contributed by atoms with E-state index in [0.717, 1.165) is 11.3 Å². The maximum Gasteiger partial charge on any atom is 0.224 e. The zero-order valence-corrected chi connectivity index (χ0v) is 10.1. The maximum atomic E-state index is 5.28. The standard InChI is InChI=1S/C12H15N5O/c1-18-10-4-2-9(3-5-10)8-15-12-14-7-6-11(16-12)17-13/h2-7H,8,13H2,1H3,(H2,14,15,16,17). The van der Waals surface area contributed by atoms with Crippen molar-refractivity contribution in [3.05, 3.63) is 42.1 Å². The van der Waals surface area contributed by atoms with Crippen molar-refractivity contribution in [2.24, 2.45) is 5.84 Å². The Hall–Kier alpha value is -2.34. The molecule has 0 aliphatic rings. The van der Waals surface area contributed by atoms with Crippen LogP contribution < -0.4 is 21.3 Å². The number of methoxy groups -OCH3 is 1. The Labute approximate surface area is 105 Å².